The predicted molar refractivity (Wildman–Crippen MR) is 227 cm³/mol. The third kappa shape index (κ3) is 7.23. The fraction of sp³-hybridized carbons (Fsp3) is 0.520. The van der Waals surface area contributed by atoms with Gasteiger partial charge in [0.1, 0.15) is 0 Å². The molecule has 4 aromatic carbocycles. The molecule has 1 heteroatoms. The summed E-state index contributed by atoms with van der Waals surface area (Å²) in [7, 11) is -1.98. The lowest BCUT2D eigenvalue weighted by Gasteiger charge is -2.48. The van der Waals surface area contributed by atoms with Gasteiger partial charge in [0.15, 0.2) is 0 Å². The Balaban J connectivity index is 1.52. The van der Waals surface area contributed by atoms with Gasteiger partial charge in [0.2, 0.25) is 0 Å². The van der Waals surface area contributed by atoms with Crippen molar-refractivity contribution in [1.82, 2.24) is 0 Å². The average molecular weight is 697 g/mol. The van der Waals surface area contributed by atoms with Crippen molar-refractivity contribution in [3.05, 3.63) is 118 Å². The summed E-state index contributed by atoms with van der Waals surface area (Å²) in [5.41, 5.74) is 17.2. The third-order valence-corrected chi connectivity index (χ3v) is 19.9. The molecule has 51 heavy (non-hydrogen) atoms. The monoisotopic (exact) mass is 697 g/mol. The Bertz CT molecular complexity index is 1770. The third-order valence-electron chi connectivity index (χ3n) is 13.3. The molecular formula is C50H68Si. The summed E-state index contributed by atoms with van der Waals surface area (Å²) in [6.07, 6.45) is 7.77. The summed E-state index contributed by atoms with van der Waals surface area (Å²) in [5, 5.41) is 0. The first kappa shape index (κ1) is 37.8. The summed E-state index contributed by atoms with van der Waals surface area (Å²) in [5.74, 6) is 2.05. The molecule has 0 spiro atoms. The molecule has 272 valence electrons. The zero-order chi connectivity index (χ0) is 36.7. The van der Waals surface area contributed by atoms with E-state index < -0.39 is 8.07 Å². The van der Waals surface area contributed by atoms with Gasteiger partial charge < -0.3 is 0 Å². The minimum atomic E-state index is -1.98. The molecule has 4 unspecified atom stereocenters. The van der Waals surface area contributed by atoms with Crippen LogP contribution in [0.4, 0.5) is 0 Å². The largest absolute Gasteiger partial charge is 0.0694 e. The Morgan fingerprint density at radius 1 is 0.588 bits per heavy atom. The van der Waals surface area contributed by atoms with Crippen LogP contribution in [0, 0.1) is 17.8 Å². The quantitative estimate of drug-likeness (QED) is 0.137. The number of fused-ring (bicyclic) bond motifs is 2. The Labute approximate surface area is 313 Å². The van der Waals surface area contributed by atoms with E-state index in [1.54, 1.807) is 22.3 Å². The molecule has 0 aromatic heterocycles. The van der Waals surface area contributed by atoms with Crippen LogP contribution in [0.15, 0.2) is 84.9 Å². The molecule has 0 aliphatic heterocycles. The molecule has 0 bridgehead atoms. The Morgan fingerprint density at radius 3 is 1.43 bits per heavy atom. The van der Waals surface area contributed by atoms with Crippen LogP contribution in [0.1, 0.15) is 146 Å². The van der Waals surface area contributed by atoms with E-state index in [1.807, 2.05) is 0 Å². The van der Waals surface area contributed by atoms with E-state index in [0.29, 0.717) is 28.8 Å². The van der Waals surface area contributed by atoms with Gasteiger partial charge in [-0.05, 0) is 108 Å². The summed E-state index contributed by atoms with van der Waals surface area (Å²) in [6.45, 7) is 26.5. The lowest BCUT2D eigenvalue weighted by Crippen LogP contribution is -2.51. The van der Waals surface area contributed by atoms with E-state index in [2.05, 4.69) is 161 Å². The van der Waals surface area contributed by atoms with Crippen molar-refractivity contribution in [3.63, 3.8) is 0 Å². The molecule has 0 saturated heterocycles. The van der Waals surface area contributed by atoms with E-state index in [1.165, 1.54) is 84.0 Å². The van der Waals surface area contributed by atoms with Crippen molar-refractivity contribution in [2.24, 2.45) is 17.8 Å². The fourth-order valence-electron chi connectivity index (χ4n) is 10.6. The van der Waals surface area contributed by atoms with E-state index in [9.17, 15) is 0 Å². The maximum absolute atomic E-state index is 2.64. The second-order valence-corrected chi connectivity index (χ2v) is 23.8. The lowest BCUT2D eigenvalue weighted by atomic mass is 9.85. The molecule has 0 heterocycles. The average Bonchev–Trinajstić information content (AvgIpc) is 3.67. The van der Waals surface area contributed by atoms with E-state index in [-0.39, 0.29) is 10.8 Å². The molecule has 0 saturated carbocycles. The van der Waals surface area contributed by atoms with E-state index >= 15 is 0 Å². The van der Waals surface area contributed by atoms with Crippen LogP contribution in [0.5, 0.6) is 0 Å². The molecule has 0 radical (unpaired) electrons. The minimum Gasteiger partial charge on any atom is -0.0654 e. The Hall–Kier alpha value is -2.90. The van der Waals surface area contributed by atoms with Gasteiger partial charge in [-0.1, -0.05) is 199 Å². The maximum Gasteiger partial charge on any atom is 0.0694 e. The molecule has 4 atom stereocenters. The fourth-order valence-corrected chi connectivity index (χ4v) is 18.9. The molecular weight excluding hydrogens is 629 g/mol. The van der Waals surface area contributed by atoms with Crippen LogP contribution in [0.25, 0.3) is 22.3 Å². The SMILES string of the molecule is CCCC[Si](CCCC)(C1c2cccc(-c3ccc(C(C)(C)C)cc3)c2CC1C)C1c2cccc(-c3ccc(C(C)(C)C)cc3)c2CC1C(C)C. The molecule has 6 rings (SSSR count). The van der Waals surface area contributed by atoms with Gasteiger partial charge in [-0.3, -0.25) is 0 Å². The van der Waals surface area contributed by atoms with Crippen molar-refractivity contribution in [1.29, 1.82) is 0 Å². The second-order valence-electron chi connectivity index (χ2n) is 19.1. The number of hydrogen-bond donors (Lipinski definition) is 0. The van der Waals surface area contributed by atoms with Crippen LogP contribution in [0.2, 0.25) is 12.1 Å². The predicted octanol–water partition coefficient (Wildman–Crippen LogP) is 14.6. The lowest BCUT2D eigenvalue weighted by molar-refractivity contribution is 0.377. The van der Waals surface area contributed by atoms with Gasteiger partial charge in [-0.2, -0.15) is 0 Å². The number of unbranched alkanes of at least 4 members (excludes halogenated alkanes) is 2. The number of hydrogen-bond acceptors (Lipinski definition) is 0. The molecule has 0 fully saturated rings. The highest BCUT2D eigenvalue weighted by molar-refractivity contribution is 6.82. The minimum absolute atomic E-state index is 0.165. The zero-order valence-electron chi connectivity index (χ0n) is 34.1. The molecule has 0 nitrogen and oxygen atoms in total. The first-order valence-electron chi connectivity index (χ1n) is 20.7. The summed E-state index contributed by atoms with van der Waals surface area (Å²) in [4.78, 5) is 0. The highest BCUT2D eigenvalue weighted by Gasteiger charge is 2.56. The summed E-state index contributed by atoms with van der Waals surface area (Å²) < 4.78 is 0. The summed E-state index contributed by atoms with van der Waals surface area (Å²) >= 11 is 0. The number of benzene rings is 4. The summed E-state index contributed by atoms with van der Waals surface area (Å²) in [6, 6.07) is 37.0. The molecule has 0 amide bonds. The van der Waals surface area contributed by atoms with Gasteiger partial charge in [0.25, 0.3) is 0 Å². The van der Waals surface area contributed by atoms with Gasteiger partial charge in [0, 0.05) is 0 Å². The van der Waals surface area contributed by atoms with Crippen LogP contribution in [-0.4, -0.2) is 8.07 Å². The van der Waals surface area contributed by atoms with Crippen molar-refractivity contribution < 1.29 is 0 Å². The van der Waals surface area contributed by atoms with Crippen LogP contribution in [0.3, 0.4) is 0 Å². The van der Waals surface area contributed by atoms with Crippen LogP contribution >= 0.6 is 0 Å². The standard InChI is InChI=1S/C50H68Si/c1-12-14-30-51(31-15-13-2,47-35(5)32-45-40(18-16-20-42(45)47)36-22-26-38(27-23-36)49(6,7)8)48-43-21-17-19-41(46(43)33-44(48)34(3)4)37-24-28-39(29-25-37)50(9,10)11/h16-29,34-35,44,47-48H,12-15,30-33H2,1-11H3. The number of rotatable bonds is 11. The zero-order valence-corrected chi connectivity index (χ0v) is 35.1. The normalized spacial score (nSPS) is 20.5. The first-order chi connectivity index (χ1) is 24.2. The van der Waals surface area contributed by atoms with E-state index in [4.69, 9.17) is 0 Å². The highest BCUT2D eigenvalue weighted by Crippen LogP contribution is 2.60. The maximum atomic E-state index is 2.64. The van der Waals surface area contributed by atoms with Crippen molar-refractivity contribution >= 4 is 8.07 Å². The molecule has 0 N–H and O–H groups in total. The van der Waals surface area contributed by atoms with Crippen molar-refractivity contribution in [3.8, 4) is 22.3 Å². The van der Waals surface area contributed by atoms with Gasteiger partial charge in [-0.15, -0.1) is 0 Å². The topological polar surface area (TPSA) is 0 Å². The second kappa shape index (κ2) is 14.8. The first-order valence-corrected chi connectivity index (χ1v) is 23.2. The smallest absolute Gasteiger partial charge is 0.0654 e. The van der Waals surface area contributed by atoms with E-state index in [0.717, 1.165) is 0 Å². The van der Waals surface area contributed by atoms with Gasteiger partial charge in [0.05, 0.1) is 8.07 Å². The van der Waals surface area contributed by atoms with Gasteiger partial charge >= 0.3 is 0 Å². The molecule has 2 aliphatic rings. The molecule has 2 aliphatic carbocycles. The Kier molecular flexibility index (Phi) is 11.0. The molecule has 4 aromatic rings. The van der Waals surface area contributed by atoms with Crippen molar-refractivity contribution in [2.45, 2.75) is 149 Å². The van der Waals surface area contributed by atoms with Gasteiger partial charge in [-0.25, -0.2) is 0 Å². The highest BCUT2D eigenvalue weighted by atomic mass is 28.3. The van der Waals surface area contributed by atoms with Crippen LogP contribution in [-0.2, 0) is 23.7 Å². The Morgan fingerprint density at radius 2 is 1.02 bits per heavy atom. The van der Waals surface area contributed by atoms with Crippen LogP contribution < -0.4 is 0 Å². The van der Waals surface area contributed by atoms with Crippen molar-refractivity contribution in [2.75, 3.05) is 0 Å².